The number of hydrogen-bond acceptors (Lipinski definition) is 4. The van der Waals surface area contributed by atoms with Gasteiger partial charge in [-0.25, -0.2) is 0 Å². The van der Waals surface area contributed by atoms with Gasteiger partial charge in [0, 0.05) is 35.3 Å². The second-order valence-corrected chi connectivity index (χ2v) is 5.54. The number of likely N-dealkylation sites (N-methyl/N-ethyl adjacent to an activating group) is 1. The smallest absolute Gasteiger partial charge is 0.239 e. The lowest BCUT2D eigenvalue weighted by Gasteiger charge is -2.19. The zero-order valence-electron chi connectivity index (χ0n) is 12.1. The highest BCUT2D eigenvalue weighted by Crippen LogP contribution is 2.28. The third-order valence-electron chi connectivity index (χ3n) is 3.25. The minimum absolute atomic E-state index is 0.428. The monoisotopic (exact) mass is 306 g/mol. The van der Waals surface area contributed by atoms with E-state index in [1.807, 2.05) is 31.1 Å². The Balaban J connectivity index is 2.37. The first kappa shape index (κ1) is 15.7. The van der Waals surface area contributed by atoms with Gasteiger partial charge in [0.25, 0.3) is 0 Å². The molecule has 0 aliphatic rings. The summed E-state index contributed by atoms with van der Waals surface area (Å²) in [5, 5.41) is 4.61. The maximum atomic E-state index is 11.8. The number of hydrogen-bond donors (Lipinski definition) is 2. The number of carbonyl (C=O) groups excluding carboxylic acids is 1. The molecule has 0 spiro atoms. The van der Waals surface area contributed by atoms with Crippen LogP contribution >= 0.6 is 11.6 Å². The first-order chi connectivity index (χ1) is 10.0. The Morgan fingerprint density at radius 3 is 2.86 bits per heavy atom. The molecular weight excluding hydrogens is 288 g/mol. The largest absolute Gasteiger partial charge is 0.368 e. The molecule has 2 aromatic rings. The molecule has 6 heteroatoms. The number of nitrogens with two attached hydrogens (primary N) is 1. The van der Waals surface area contributed by atoms with E-state index in [9.17, 15) is 4.79 Å². The van der Waals surface area contributed by atoms with Gasteiger partial charge in [0.1, 0.15) is 6.04 Å². The van der Waals surface area contributed by atoms with Crippen LogP contribution in [0.15, 0.2) is 30.5 Å². The van der Waals surface area contributed by atoms with Gasteiger partial charge >= 0.3 is 0 Å². The van der Waals surface area contributed by atoms with E-state index in [0.29, 0.717) is 17.1 Å². The predicted octanol–water partition coefficient (Wildman–Crippen LogP) is 1.57. The summed E-state index contributed by atoms with van der Waals surface area (Å²) in [6.45, 7) is 1.46. The summed E-state index contributed by atoms with van der Waals surface area (Å²) in [7, 11) is 3.94. The summed E-state index contributed by atoms with van der Waals surface area (Å²) < 4.78 is 0. The first-order valence-electron chi connectivity index (χ1n) is 6.71. The summed E-state index contributed by atoms with van der Waals surface area (Å²) in [4.78, 5) is 18.2. The zero-order chi connectivity index (χ0) is 15.4. The van der Waals surface area contributed by atoms with Crippen LogP contribution in [0.2, 0.25) is 5.02 Å². The Morgan fingerprint density at radius 2 is 2.19 bits per heavy atom. The summed E-state index contributed by atoms with van der Waals surface area (Å²) in [6.07, 6.45) is 1.68. The summed E-state index contributed by atoms with van der Waals surface area (Å²) >= 11 is 6.18. The maximum absolute atomic E-state index is 11.8. The van der Waals surface area contributed by atoms with Crippen LogP contribution in [0.25, 0.3) is 10.9 Å². The Morgan fingerprint density at radius 1 is 1.43 bits per heavy atom. The van der Waals surface area contributed by atoms with E-state index in [-0.39, 0.29) is 0 Å². The minimum atomic E-state index is -0.584. The second kappa shape index (κ2) is 6.85. The number of halogens is 1. The average Bonchev–Trinajstić information content (AvgIpc) is 2.45. The number of nitrogens with one attached hydrogen (secondary N) is 1. The van der Waals surface area contributed by atoms with Crippen LogP contribution in [-0.2, 0) is 4.79 Å². The van der Waals surface area contributed by atoms with Crippen molar-refractivity contribution in [1.29, 1.82) is 0 Å². The fourth-order valence-corrected chi connectivity index (χ4v) is 2.40. The lowest BCUT2D eigenvalue weighted by Crippen LogP contribution is -2.37. The van der Waals surface area contributed by atoms with Crippen molar-refractivity contribution in [3.05, 3.63) is 41.0 Å². The molecule has 0 aliphatic heterocycles. The summed E-state index contributed by atoms with van der Waals surface area (Å²) in [5.74, 6) is -0.428. The van der Waals surface area contributed by atoms with Gasteiger partial charge in [-0.15, -0.1) is 0 Å². The van der Waals surface area contributed by atoms with Gasteiger partial charge in [0.2, 0.25) is 5.91 Å². The molecule has 21 heavy (non-hydrogen) atoms. The summed E-state index contributed by atoms with van der Waals surface area (Å²) in [5.41, 5.74) is 6.99. The highest BCUT2D eigenvalue weighted by molar-refractivity contribution is 6.35. The quantitative estimate of drug-likeness (QED) is 0.850. The number of nitrogens with zero attached hydrogens (tertiary/aromatic N) is 2. The topological polar surface area (TPSA) is 71.2 Å². The molecule has 0 saturated heterocycles. The third kappa shape index (κ3) is 3.69. The molecule has 0 fully saturated rings. The molecule has 0 radical (unpaired) electrons. The molecule has 0 saturated carbocycles. The number of pyridine rings is 1. The van der Waals surface area contributed by atoms with Gasteiger partial charge in [-0.3, -0.25) is 9.78 Å². The van der Waals surface area contributed by atoms with Crippen molar-refractivity contribution in [2.24, 2.45) is 5.73 Å². The molecule has 2 rings (SSSR count). The maximum Gasteiger partial charge on any atom is 0.239 e. The van der Waals surface area contributed by atoms with Crippen molar-refractivity contribution in [2.75, 3.05) is 27.2 Å². The van der Waals surface area contributed by atoms with Gasteiger partial charge in [-0.05, 0) is 32.3 Å². The van der Waals surface area contributed by atoms with Crippen molar-refractivity contribution in [2.45, 2.75) is 6.04 Å². The Labute approximate surface area is 129 Å². The van der Waals surface area contributed by atoms with E-state index in [1.165, 1.54) is 0 Å². The van der Waals surface area contributed by atoms with E-state index in [4.69, 9.17) is 17.3 Å². The molecule has 1 unspecified atom stereocenters. The van der Waals surface area contributed by atoms with E-state index < -0.39 is 11.9 Å². The van der Waals surface area contributed by atoms with Crippen LogP contribution in [0, 0.1) is 0 Å². The van der Waals surface area contributed by atoms with Crippen molar-refractivity contribution < 1.29 is 4.79 Å². The van der Waals surface area contributed by atoms with Crippen LogP contribution in [0.1, 0.15) is 11.6 Å². The molecule has 1 aromatic carbocycles. The molecule has 5 nitrogen and oxygen atoms in total. The molecule has 0 aliphatic carbocycles. The average molecular weight is 307 g/mol. The molecular formula is C15H19ClN4O. The number of fused-ring (bicyclic) bond motifs is 1. The molecule has 1 aromatic heterocycles. The van der Waals surface area contributed by atoms with E-state index in [2.05, 4.69) is 10.3 Å². The SMILES string of the molecule is CN(C)CCNC(C(N)=O)c1ccc(Cl)c2cccnc12. The Kier molecular flexibility index (Phi) is 5.12. The molecule has 1 amide bonds. The fourth-order valence-electron chi connectivity index (χ4n) is 2.19. The normalized spacial score (nSPS) is 12.8. The molecule has 1 atom stereocenters. The lowest BCUT2D eigenvalue weighted by molar-refractivity contribution is -0.120. The molecule has 112 valence electrons. The number of rotatable bonds is 6. The highest BCUT2D eigenvalue weighted by Gasteiger charge is 2.20. The van der Waals surface area contributed by atoms with Crippen LogP contribution in [-0.4, -0.2) is 43.0 Å². The van der Waals surface area contributed by atoms with Gasteiger partial charge in [-0.1, -0.05) is 17.7 Å². The van der Waals surface area contributed by atoms with Crippen molar-refractivity contribution in [1.82, 2.24) is 15.2 Å². The third-order valence-corrected chi connectivity index (χ3v) is 3.58. The van der Waals surface area contributed by atoms with Crippen LogP contribution in [0.3, 0.4) is 0 Å². The zero-order valence-corrected chi connectivity index (χ0v) is 12.9. The molecule has 3 N–H and O–H groups in total. The molecule has 1 heterocycles. The van der Waals surface area contributed by atoms with Crippen molar-refractivity contribution >= 4 is 28.4 Å². The minimum Gasteiger partial charge on any atom is -0.368 e. The van der Waals surface area contributed by atoms with Crippen LogP contribution in [0.4, 0.5) is 0 Å². The number of benzene rings is 1. The van der Waals surface area contributed by atoms with Gasteiger partial charge in [0.15, 0.2) is 0 Å². The van der Waals surface area contributed by atoms with Gasteiger partial charge < -0.3 is 16.0 Å². The highest BCUT2D eigenvalue weighted by atomic mass is 35.5. The summed E-state index contributed by atoms with van der Waals surface area (Å²) in [6, 6.07) is 6.68. The lowest BCUT2D eigenvalue weighted by atomic mass is 10.0. The van der Waals surface area contributed by atoms with Gasteiger partial charge in [0.05, 0.1) is 5.52 Å². The van der Waals surface area contributed by atoms with E-state index in [0.717, 1.165) is 17.5 Å². The van der Waals surface area contributed by atoms with Crippen molar-refractivity contribution in [3.63, 3.8) is 0 Å². The standard InChI is InChI=1S/C15H19ClN4O/c1-20(2)9-8-19-14(15(17)21)11-5-6-12(16)10-4-3-7-18-13(10)11/h3-7,14,19H,8-9H2,1-2H3,(H2,17,21). The fraction of sp³-hybridized carbons (Fsp3) is 0.333. The second-order valence-electron chi connectivity index (χ2n) is 5.13. The van der Waals surface area contributed by atoms with Gasteiger partial charge in [-0.2, -0.15) is 0 Å². The number of carbonyl (C=O) groups is 1. The van der Waals surface area contributed by atoms with Crippen LogP contribution < -0.4 is 11.1 Å². The van der Waals surface area contributed by atoms with Crippen molar-refractivity contribution in [3.8, 4) is 0 Å². The number of aromatic nitrogens is 1. The Hall–Kier alpha value is -1.69. The molecule has 0 bridgehead atoms. The van der Waals surface area contributed by atoms with E-state index >= 15 is 0 Å². The Bertz CT molecular complexity index is 645. The first-order valence-corrected chi connectivity index (χ1v) is 7.09. The van der Waals surface area contributed by atoms with Crippen LogP contribution in [0.5, 0.6) is 0 Å². The number of amides is 1. The predicted molar refractivity (Wildman–Crippen MR) is 85.2 cm³/mol. The van der Waals surface area contributed by atoms with E-state index in [1.54, 1.807) is 18.3 Å². The number of primary amides is 1.